The standard InChI is InChI=1S/C12H13N3O2S/c1-8-6-13-4-2-9(8)14-5-3-11-15-10(7-18-11)12(16)17/h2,4,6-7H,3,5H2,1H3,(H,13,14)(H,16,17). The zero-order valence-corrected chi connectivity index (χ0v) is 10.7. The van der Waals surface area contributed by atoms with Gasteiger partial charge in [-0.1, -0.05) is 0 Å². The third-order valence-electron chi connectivity index (χ3n) is 2.45. The Hall–Kier alpha value is -1.95. The average Bonchev–Trinajstić information content (AvgIpc) is 2.80. The molecule has 2 aromatic heterocycles. The summed E-state index contributed by atoms with van der Waals surface area (Å²) in [6.45, 7) is 2.71. The highest BCUT2D eigenvalue weighted by atomic mass is 32.1. The normalized spacial score (nSPS) is 10.3. The minimum Gasteiger partial charge on any atom is -0.476 e. The fourth-order valence-corrected chi connectivity index (χ4v) is 2.27. The predicted molar refractivity (Wildman–Crippen MR) is 70.2 cm³/mol. The second-order valence-corrected chi connectivity index (χ2v) is 4.74. The van der Waals surface area contributed by atoms with Crippen LogP contribution in [0, 0.1) is 6.92 Å². The highest BCUT2D eigenvalue weighted by molar-refractivity contribution is 7.09. The molecule has 0 aliphatic heterocycles. The van der Waals surface area contributed by atoms with Gasteiger partial charge >= 0.3 is 5.97 Å². The summed E-state index contributed by atoms with van der Waals surface area (Å²) in [5.41, 5.74) is 2.25. The first-order chi connectivity index (χ1) is 8.66. The molecule has 0 aromatic carbocycles. The number of hydrogen-bond donors (Lipinski definition) is 2. The maximum absolute atomic E-state index is 10.7. The Morgan fingerprint density at radius 3 is 3.06 bits per heavy atom. The molecule has 2 heterocycles. The monoisotopic (exact) mass is 263 g/mol. The molecule has 0 aliphatic rings. The topological polar surface area (TPSA) is 75.1 Å². The van der Waals surface area contributed by atoms with Crippen LogP contribution < -0.4 is 5.32 Å². The lowest BCUT2D eigenvalue weighted by Gasteiger charge is -2.07. The van der Waals surface area contributed by atoms with Crippen LogP contribution in [0.3, 0.4) is 0 Å². The zero-order valence-electron chi connectivity index (χ0n) is 9.88. The molecule has 0 radical (unpaired) electrons. The van der Waals surface area contributed by atoms with Gasteiger partial charge in [0.25, 0.3) is 0 Å². The Morgan fingerprint density at radius 1 is 1.56 bits per heavy atom. The van der Waals surface area contributed by atoms with E-state index in [4.69, 9.17) is 5.11 Å². The lowest BCUT2D eigenvalue weighted by molar-refractivity contribution is 0.0691. The van der Waals surface area contributed by atoms with E-state index in [1.165, 1.54) is 11.3 Å². The van der Waals surface area contributed by atoms with Crippen molar-refractivity contribution in [1.29, 1.82) is 0 Å². The molecule has 2 N–H and O–H groups in total. The molecule has 6 heteroatoms. The summed E-state index contributed by atoms with van der Waals surface area (Å²) in [5.74, 6) is -0.976. The Morgan fingerprint density at radius 2 is 2.39 bits per heavy atom. The number of nitrogens with one attached hydrogen (secondary N) is 1. The number of anilines is 1. The first-order valence-corrected chi connectivity index (χ1v) is 6.37. The molecule has 0 atom stereocenters. The molecule has 0 amide bonds. The molecule has 0 fully saturated rings. The number of rotatable bonds is 5. The van der Waals surface area contributed by atoms with Gasteiger partial charge in [-0.2, -0.15) is 0 Å². The van der Waals surface area contributed by atoms with Crippen LogP contribution in [0.5, 0.6) is 0 Å². The van der Waals surface area contributed by atoms with E-state index in [0.717, 1.165) is 22.8 Å². The quantitative estimate of drug-likeness (QED) is 0.865. The smallest absolute Gasteiger partial charge is 0.355 e. The molecule has 0 saturated heterocycles. The maximum atomic E-state index is 10.7. The Labute approximate surface area is 109 Å². The van der Waals surface area contributed by atoms with Crippen molar-refractivity contribution in [3.8, 4) is 0 Å². The number of carbonyl (C=O) groups is 1. The van der Waals surface area contributed by atoms with Gasteiger partial charge in [0.2, 0.25) is 0 Å². The predicted octanol–water partition coefficient (Wildman–Crippen LogP) is 2.20. The minimum absolute atomic E-state index is 0.120. The van der Waals surface area contributed by atoms with E-state index >= 15 is 0 Å². The van der Waals surface area contributed by atoms with Gasteiger partial charge in [-0.15, -0.1) is 11.3 Å². The van der Waals surface area contributed by atoms with Crippen molar-refractivity contribution >= 4 is 23.0 Å². The number of hydrogen-bond acceptors (Lipinski definition) is 5. The maximum Gasteiger partial charge on any atom is 0.355 e. The highest BCUT2D eigenvalue weighted by Crippen LogP contribution is 2.13. The lowest BCUT2D eigenvalue weighted by atomic mass is 10.2. The summed E-state index contributed by atoms with van der Waals surface area (Å²) in [6, 6.07) is 1.92. The Bertz CT molecular complexity index is 554. The third-order valence-corrected chi connectivity index (χ3v) is 3.35. The summed E-state index contributed by atoms with van der Waals surface area (Å²) in [7, 11) is 0. The molecular formula is C12H13N3O2S. The molecule has 0 saturated carbocycles. The van der Waals surface area contributed by atoms with Crippen LogP contribution in [0.1, 0.15) is 21.1 Å². The Balaban J connectivity index is 1.88. The van der Waals surface area contributed by atoms with Crippen molar-refractivity contribution in [2.75, 3.05) is 11.9 Å². The van der Waals surface area contributed by atoms with Gasteiger partial charge in [-0.05, 0) is 18.6 Å². The number of carboxylic acid groups (broad SMARTS) is 1. The van der Waals surface area contributed by atoms with Crippen molar-refractivity contribution in [2.45, 2.75) is 13.3 Å². The van der Waals surface area contributed by atoms with Gasteiger partial charge in [0, 0.05) is 36.4 Å². The minimum atomic E-state index is -0.976. The van der Waals surface area contributed by atoms with E-state index in [0.29, 0.717) is 6.42 Å². The van der Waals surface area contributed by atoms with Crippen molar-refractivity contribution in [2.24, 2.45) is 0 Å². The number of carboxylic acids is 1. The molecule has 18 heavy (non-hydrogen) atoms. The van der Waals surface area contributed by atoms with Crippen LogP contribution in [0.2, 0.25) is 0 Å². The summed E-state index contributed by atoms with van der Waals surface area (Å²) in [4.78, 5) is 18.7. The third kappa shape index (κ3) is 3.04. The Kier molecular flexibility index (Phi) is 3.88. The molecule has 2 rings (SSSR count). The summed E-state index contributed by atoms with van der Waals surface area (Å²) in [5, 5.41) is 14.4. The molecule has 0 unspecified atom stereocenters. The van der Waals surface area contributed by atoms with Crippen LogP contribution in [0.25, 0.3) is 0 Å². The number of aromatic carboxylic acids is 1. The van der Waals surface area contributed by atoms with E-state index in [1.807, 2.05) is 13.0 Å². The van der Waals surface area contributed by atoms with E-state index in [9.17, 15) is 4.79 Å². The van der Waals surface area contributed by atoms with Crippen LogP contribution in [-0.4, -0.2) is 27.6 Å². The summed E-state index contributed by atoms with van der Waals surface area (Å²) < 4.78 is 0. The van der Waals surface area contributed by atoms with E-state index < -0.39 is 5.97 Å². The first kappa shape index (κ1) is 12.5. The van der Waals surface area contributed by atoms with E-state index in [1.54, 1.807) is 17.8 Å². The van der Waals surface area contributed by atoms with E-state index in [2.05, 4.69) is 15.3 Å². The number of pyridine rings is 1. The second kappa shape index (κ2) is 5.59. The largest absolute Gasteiger partial charge is 0.476 e. The van der Waals surface area contributed by atoms with Gasteiger partial charge in [0.1, 0.15) is 0 Å². The van der Waals surface area contributed by atoms with Gasteiger partial charge in [0.05, 0.1) is 5.01 Å². The molecule has 94 valence electrons. The number of nitrogens with zero attached hydrogens (tertiary/aromatic N) is 2. The highest BCUT2D eigenvalue weighted by Gasteiger charge is 2.08. The average molecular weight is 263 g/mol. The fourth-order valence-electron chi connectivity index (χ4n) is 1.50. The molecule has 0 spiro atoms. The van der Waals surface area contributed by atoms with Crippen LogP contribution >= 0.6 is 11.3 Å². The van der Waals surface area contributed by atoms with Crippen molar-refractivity contribution < 1.29 is 9.90 Å². The van der Waals surface area contributed by atoms with Crippen LogP contribution in [0.15, 0.2) is 23.8 Å². The molecular weight excluding hydrogens is 250 g/mol. The molecule has 5 nitrogen and oxygen atoms in total. The van der Waals surface area contributed by atoms with Crippen molar-refractivity contribution in [1.82, 2.24) is 9.97 Å². The van der Waals surface area contributed by atoms with Gasteiger partial charge < -0.3 is 10.4 Å². The SMILES string of the molecule is Cc1cnccc1NCCc1nc(C(=O)O)cs1. The fraction of sp³-hybridized carbons (Fsp3) is 0.250. The molecule has 0 bridgehead atoms. The number of thiazole rings is 1. The van der Waals surface area contributed by atoms with E-state index in [-0.39, 0.29) is 5.69 Å². The van der Waals surface area contributed by atoms with Crippen molar-refractivity contribution in [3.05, 3.63) is 40.1 Å². The van der Waals surface area contributed by atoms with Gasteiger partial charge in [-0.25, -0.2) is 9.78 Å². The molecule has 0 aliphatic carbocycles. The number of aryl methyl sites for hydroxylation is 1. The van der Waals surface area contributed by atoms with Gasteiger partial charge in [-0.3, -0.25) is 4.98 Å². The number of aromatic nitrogens is 2. The zero-order chi connectivity index (χ0) is 13.0. The lowest BCUT2D eigenvalue weighted by Crippen LogP contribution is -2.06. The van der Waals surface area contributed by atoms with Gasteiger partial charge in [0.15, 0.2) is 5.69 Å². The first-order valence-electron chi connectivity index (χ1n) is 5.49. The summed E-state index contributed by atoms with van der Waals surface area (Å²) >= 11 is 1.37. The molecule has 2 aromatic rings. The van der Waals surface area contributed by atoms with Crippen LogP contribution in [0.4, 0.5) is 5.69 Å². The summed E-state index contributed by atoms with van der Waals surface area (Å²) in [6.07, 6.45) is 4.25. The van der Waals surface area contributed by atoms with Crippen LogP contribution in [-0.2, 0) is 6.42 Å². The van der Waals surface area contributed by atoms with Crippen molar-refractivity contribution in [3.63, 3.8) is 0 Å². The second-order valence-electron chi connectivity index (χ2n) is 3.80.